The van der Waals surface area contributed by atoms with Crippen molar-refractivity contribution in [2.45, 2.75) is 180 Å². The summed E-state index contributed by atoms with van der Waals surface area (Å²) < 4.78 is 24.0. The van der Waals surface area contributed by atoms with E-state index < -0.39 is 97.0 Å². The second-order valence-corrected chi connectivity index (χ2v) is 20.9. The molecule has 6 fully saturated rings. The summed E-state index contributed by atoms with van der Waals surface area (Å²) in [6.45, 7) is 15.4. The SMILES string of the molecule is CC1(C)CC[C@]2(CO)[C@H](O)C[C@]3(C)C(=CC[C@@H]4[C@@]5(C)CC[C@H](O[C@@H]6O[C@H](C(=O)O)[C@@H](O)[C@H](O)[C@H]6O[C@@H]6O[C@H](CO)[C@H](O)[C@H](O)[C@H]6O)C(C)(C)[C@@H]5CC[C@]43C)[C@@H]2C1. The van der Waals surface area contributed by atoms with Crippen LogP contribution in [0.25, 0.3) is 0 Å². The molecule has 19 atom stereocenters. The van der Waals surface area contributed by atoms with Gasteiger partial charge in [0.25, 0.3) is 0 Å². The van der Waals surface area contributed by atoms with Crippen LogP contribution in [0.2, 0.25) is 0 Å². The maximum atomic E-state index is 12.2. The minimum Gasteiger partial charge on any atom is -0.479 e. The number of fused-ring (bicyclic) bond motifs is 7. The van der Waals surface area contributed by atoms with Crippen molar-refractivity contribution in [2.75, 3.05) is 13.2 Å². The molecular formula is C42H68O14. The summed E-state index contributed by atoms with van der Waals surface area (Å²) in [6.07, 6.45) is -8.28. The Balaban J connectivity index is 1.16. The number of hydrogen-bond donors (Lipinski definition) is 9. The summed E-state index contributed by atoms with van der Waals surface area (Å²) >= 11 is 0. The van der Waals surface area contributed by atoms with Crippen LogP contribution < -0.4 is 0 Å². The van der Waals surface area contributed by atoms with Crippen LogP contribution in [-0.4, -0.2) is 139 Å². The third-order valence-electron chi connectivity index (χ3n) is 17.3. The van der Waals surface area contributed by atoms with Gasteiger partial charge >= 0.3 is 5.97 Å². The molecular weight excluding hydrogens is 728 g/mol. The molecule has 0 aromatic rings. The predicted octanol–water partition coefficient (Wildman–Crippen LogP) is 1.85. The molecule has 4 saturated carbocycles. The first-order valence-electron chi connectivity index (χ1n) is 20.9. The minimum absolute atomic E-state index is 0.0137. The van der Waals surface area contributed by atoms with Crippen molar-refractivity contribution in [3.05, 3.63) is 11.6 Å². The molecule has 2 saturated heterocycles. The predicted molar refractivity (Wildman–Crippen MR) is 199 cm³/mol. The quantitative estimate of drug-likeness (QED) is 0.132. The number of hydrogen-bond acceptors (Lipinski definition) is 13. The van der Waals surface area contributed by atoms with Gasteiger partial charge in [0.1, 0.15) is 42.7 Å². The fourth-order valence-corrected chi connectivity index (χ4v) is 13.7. The van der Waals surface area contributed by atoms with Crippen LogP contribution in [0.1, 0.15) is 106 Å². The highest BCUT2D eigenvalue weighted by molar-refractivity contribution is 5.73. The highest BCUT2D eigenvalue weighted by atomic mass is 16.8. The lowest BCUT2D eigenvalue weighted by molar-refractivity contribution is -0.374. The smallest absolute Gasteiger partial charge is 0.335 e. The molecule has 0 bridgehead atoms. The Morgan fingerprint density at radius 2 is 1.46 bits per heavy atom. The molecule has 0 radical (unpaired) electrons. The van der Waals surface area contributed by atoms with E-state index in [1.165, 1.54) is 5.57 Å². The first-order valence-corrected chi connectivity index (χ1v) is 20.9. The van der Waals surface area contributed by atoms with Crippen molar-refractivity contribution in [3.8, 4) is 0 Å². The second-order valence-electron chi connectivity index (χ2n) is 20.9. The molecule has 14 heteroatoms. The van der Waals surface area contributed by atoms with E-state index in [0.29, 0.717) is 12.8 Å². The molecule has 56 heavy (non-hydrogen) atoms. The Bertz CT molecular complexity index is 1520. The van der Waals surface area contributed by atoms with E-state index in [9.17, 15) is 50.8 Å². The summed E-state index contributed by atoms with van der Waals surface area (Å²) in [5.74, 6) is -0.957. The molecule has 0 aromatic carbocycles. The van der Waals surface area contributed by atoms with E-state index >= 15 is 0 Å². The molecule has 7 aliphatic rings. The number of aliphatic carboxylic acids is 1. The van der Waals surface area contributed by atoms with E-state index in [0.717, 1.165) is 44.9 Å². The van der Waals surface area contributed by atoms with Gasteiger partial charge in [-0.05, 0) is 103 Å². The lowest BCUT2D eigenvalue weighted by Crippen LogP contribution is -2.68. The van der Waals surface area contributed by atoms with Crippen molar-refractivity contribution < 1.29 is 69.7 Å². The van der Waals surface area contributed by atoms with Crippen LogP contribution in [-0.2, 0) is 23.7 Å². The third kappa shape index (κ3) is 6.21. The van der Waals surface area contributed by atoms with Crippen LogP contribution in [0.4, 0.5) is 0 Å². The highest BCUT2D eigenvalue weighted by Gasteiger charge is 2.70. The van der Waals surface area contributed by atoms with Crippen molar-refractivity contribution in [1.29, 1.82) is 0 Å². The van der Waals surface area contributed by atoms with Crippen LogP contribution in [0.5, 0.6) is 0 Å². The summed E-state index contributed by atoms with van der Waals surface area (Å²) in [4.78, 5) is 12.2. The molecule has 5 aliphatic carbocycles. The van der Waals surface area contributed by atoms with E-state index in [4.69, 9.17) is 18.9 Å². The summed E-state index contributed by atoms with van der Waals surface area (Å²) in [6, 6.07) is 0. The maximum absolute atomic E-state index is 12.2. The molecule has 0 amide bonds. The van der Waals surface area contributed by atoms with Gasteiger partial charge in [-0.1, -0.05) is 60.1 Å². The molecule has 0 aromatic heterocycles. The van der Waals surface area contributed by atoms with Gasteiger partial charge in [-0.15, -0.1) is 0 Å². The Hall–Kier alpha value is -1.27. The van der Waals surface area contributed by atoms with Gasteiger partial charge in [0.15, 0.2) is 18.7 Å². The number of rotatable bonds is 7. The number of carboxylic acid groups (broad SMARTS) is 1. The Labute approximate surface area is 330 Å². The summed E-state index contributed by atoms with van der Waals surface area (Å²) in [7, 11) is 0. The number of carboxylic acids is 1. The van der Waals surface area contributed by atoms with E-state index in [1.807, 2.05) is 0 Å². The first-order chi connectivity index (χ1) is 26.0. The van der Waals surface area contributed by atoms with Crippen LogP contribution in [0, 0.1) is 50.2 Å². The van der Waals surface area contributed by atoms with Crippen LogP contribution in [0.15, 0.2) is 11.6 Å². The Morgan fingerprint density at radius 1 is 0.768 bits per heavy atom. The first kappa shape index (κ1) is 42.8. The van der Waals surface area contributed by atoms with Gasteiger partial charge in [-0.2, -0.15) is 0 Å². The van der Waals surface area contributed by atoms with E-state index in [2.05, 4.69) is 54.5 Å². The molecule has 9 N–H and O–H groups in total. The summed E-state index contributed by atoms with van der Waals surface area (Å²) in [5, 5.41) is 96.0. The summed E-state index contributed by atoms with van der Waals surface area (Å²) in [5.41, 5.74) is 0.00997. The fourth-order valence-electron chi connectivity index (χ4n) is 13.7. The van der Waals surface area contributed by atoms with Gasteiger partial charge in [-0.3, -0.25) is 0 Å². The average Bonchev–Trinajstić information content (AvgIpc) is 3.12. The number of allylic oxidation sites excluding steroid dienone is 2. The zero-order valence-electron chi connectivity index (χ0n) is 34.1. The van der Waals surface area contributed by atoms with Crippen molar-refractivity contribution in [2.24, 2.45) is 50.2 Å². The average molecular weight is 797 g/mol. The highest BCUT2D eigenvalue weighted by Crippen LogP contribution is 2.76. The molecule has 2 heterocycles. The monoisotopic (exact) mass is 796 g/mol. The van der Waals surface area contributed by atoms with Crippen LogP contribution >= 0.6 is 0 Å². The van der Waals surface area contributed by atoms with E-state index in [1.54, 1.807) is 0 Å². The Kier molecular flexibility index (Phi) is 11.0. The third-order valence-corrected chi connectivity index (χ3v) is 17.3. The largest absolute Gasteiger partial charge is 0.479 e. The zero-order valence-corrected chi connectivity index (χ0v) is 34.1. The second kappa shape index (κ2) is 14.4. The van der Waals surface area contributed by atoms with Gasteiger partial charge in [0, 0.05) is 5.41 Å². The number of carbonyl (C=O) groups is 1. The van der Waals surface area contributed by atoms with Gasteiger partial charge < -0.3 is 64.9 Å². The lowest BCUT2D eigenvalue weighted by Gasteiger charge is -2.72. The topological polar surface area (TPSA) is 236 Å². The molecule has 14 nitrogen and oxygen atoms in total. The minimum atomic E-state index is -1.94. The molecule has 0 unspecified atom stereocenters. The maximum Gasteiger partial charge on any atom is 0.335 e. The number of aliphatic hydroxyl groups is 8. The standard InChI is InChI=1S/C42H68O14/c1-37(2)14-15-42(19-44)21(16-37)20-8-9-24-39(5)12-11-26(38(3,4)23(39)10-13-40(24,6)41(20,7)17-25(42)45)54-36-33(30(49)29(48)32(55-36)34(51)52)56-35-31(50)28(47)27(46)22(18-43)53-35/h8,21-33,35-36,43-50H,9-19H2,1-7H3,(H,51,52)/t21-,22+,23-,24+,25+,26-,27-,28-,29-,30-,31+,32-,33+,35-,36+,39-,40+,41+,42+/m0/s1. The van der Waals surface area contributed by atoms with Gasteiger partial charge in [0.2, 0.25) is 0 Å². The zero-order chi connectivity index (χ0) is 41.1. The van der Waals surface area contributed by atoms with Gasteiger partial charge in [-0.25, -0.2) is 4.79 Å². The molecule has 320 valence electrons. The van der Waals surface area contributed by atoms with Gasteiger partial charge in [0.05, 0.1) is 25.4 Å². The lowest BCUT2D eigenvalue weighted by atomic mass is 9.33. The normalized spacial score (nSPS) is 53.8. The Morgan fingerprint density at radius 3 is 2.11 bits per heavy atom. The molecule has 2 aliphatic heterocycles. The number of ether oxygens (including phenoxy) is 4. The van der Waals surface area contributed by atoms with Crippen molar-refractivity contribution in [1.82, 2.24) is 0 Å². The molecule has 7 rings (SSSR count). The fraction of sp³-hybridized carbons (Fsp3) is 0.929. The molecule has 0 spiro atoms. The van der Waals surface area contributed by atoms with Crippen molar-refractivity contribution >= 4 is 5.97 Å². The number of aliphatic hydroxyl groups excluding tert-OH is 8. The van der Waals surface area contributed by atoms with Crippen LogP contribution in [0.3, 0.4) is 0 Å². The van der Waals surface area contributed by atoms with Crippen molar-refractivity contribution in [3.63, 3.8) is 0 Å². The van der Waals surface area contributed by atoms with E-state index in [-0.39, 0.29) is 46.0 Å².